The van der Waals surface area contributed by atoms with Crippen molar-refractivity contribution in [2.75, 3.05) is 7.11 Å². The number of hydrogen-bond donors (Lipinski definition) is 1. The van der Waals surface area contributed by atoms with E-state index in [1.54, 1.807) is 41.3 Å². The van der Waals surface area contributed by atoms with Crippen molar-refractivity contribution < 1.29 is 19.4 Å². The normalized spacial score (nSPS) is 16.0. The van der Waals surface area contributed by atoms with Crippen LogP contribution in [0.1, 0.15) is 33.1 Å². The van der Waals surface area contributed by atoms with Gasteiger partial charge in [-0.3, -0.25) is 4.79 Å². The predicted molar refractivity (Wildman–Crippen MR) is 119 cm³/mol. The Morgan fingerprint density at radius 1 is 1.00 bits per heavy atom. The second-order valence-corrected chi connectivity index (χ2v) is 7.64. The van der Waals surface area contributed by atoms with Crippen LogP contribution < -0.4 is 0 Å². The number of hydrogen-bond acceptors (Lipinski definition) is 4. The standard InChI is InChI=1S/C25H20ClNO4/c1-31-25(30)19-11-9-18(10-12-19)22-21(17-5-3-2-4-6-17)23(28)24(29)27(22)15-16-7-13-20(26)14-8-16/h2-14,22,28H,15H2,1H3/t22-/m1/s1. The first-order chi connectivity index (χ1) is 15.0. The summed E-state index contributed by atoms with van der Waals surface area (Å²) >= 11 is 5.99. The zero-order chi connectivity index (χ0) is 22.0. The maximum Gasteiger partial charge on any atom is 0.337 e. The van der Waals surface area contributed by atoms with Crippen molar-refractivity contribution in [1.29, 1.82) is 0 Å². The van der Waals surface area contributed by atoms with E-state index in [0.29, 0.717) is 22.7 Å². The summed E-state index contributed by atoms with van der Waals surface area (Å²) in [7, 11) is 1.33. The Balaban J connectivity index is 1.78. The molecule has 1 aliphatic rings. The smallest absolute Gasteiger partial charge is 0.337 e. The van der Waals surface area contributed by atoms with Crippen molar-refractivity contribution >= 4 is 29.1 Å². The predicted octanol–water partition coefficient (Wildman–Crippen LogP) is 5.18. The molecular weight excluding hydrogens is 414 g/mol. The lowest BCUT2D eigenvalue weighted by molar-refractivity contribution is -0.130. The number of carbonyl (C=O) groups excluding carboxylic acids is 2. The van der Waals surface area contributed by atoms with Crippen molar-refractivity contribution in [3.05, 3.63) is 112 Å². The molecule has 31 heavy (non-hydrogen) atoms. The summed E-state index contributed by atoms with van der Waals surface area (Å²) in [5.41, 5.74) is 3.36. The molecule has 0 unspecified atom stereocenters. The van der Waals surface area contributed by atoms with E-state index in [9.17, 15) is 14.7 Å². The minimum Gasteiger partial charge on any atom is -0.503 e. The van der Waals surface area contributed by atoms with E-state index in [1.165, 1.54) is 7.11 Å². The van der Waals surface area contributed by atoms with Crippen LogP contribution in [0.3, 0.4) is 0 Å². The van der Waals surface area contributed by atoms with Gasteiger partial charge in [-0.1, -0.05) is 66.2 Å². The summed E-state index contributed by atoms with van der Waals surface area (Å²) in [6.45, 7) is 0.291. The molecule has 1 N–H and O–H groups in total. The largest absolute Gasteiger partial charge is 0.503 e. The summed E-state index contributed by atoms with van der Waals surface area (Å²) < 4.78 is 4.77. The van der Waals surface area contributed by atoms with E-state index in [0.717, 1.165) is 16.7 Å². The highest BCUT2D eigenvalue weighted by Crippen LogP contribution is 2.43. The van der Waals surface area contributed by atoms with Crippen LogP contribution in [0, 0.1) is 0 Å². The third kappa shape index (κ3) is 4.05. The molecule has 0 aromatic heterocycles. The number of halogens is 1. The molecule has 5 nitrogen and oxygen atoms in total. The van der Waals surface area contributed by atoms with Crippen LogP contribution in [0.4, 0.5) is 0 Å². The number of ether oxygens (including phenoxy) is 1. The van der Waals surface area contributed by atoms with Crippen molar-refractivity contribution in [3.63, 3.8) is 0 Å². The zero-order valence-electron chi connectivity index (χ0n) is 16.8. The van der Waals surface area contributed by atoms with Gasteiger partial charge in [-0.15, -0.1) is 0 Å². The number of aliphatic hydroxyl groups is 1. The summed E-state index contributed by atoms with van der Waals surface area (Å²) in [6.07, 6.45) is 0. The fourth-order valence-electron chi connectivity index (χ4n) is 3.78. The molecule has 1 heterocycles. The van der Waals surface area contributed by atoms with Gasteiger partial charge in [-0.05, 0) is 41.0 Å². The number of esters is 1. The lowest BCUT2D eigenvalue weighted by atomic mass is 9.93. The minimum absolute atomic E-state index is 0.276. The highest BCUT2D eigenvalue weighted by molar-refractivity contribution is 6.30. The van der Waals surface area contributed by atoms with Crippen molar-refractivity contribution in [3.8, 4) is 0 Å². The summed E-state index contributed by atoms with van der Waals surface area (Å²) in [6, 6.07) is 22.9. The van der Waals surface area contributed by atoms with Crippen molar-refractivity contribution in [1.82, 2.24) is 4.90 Å². The molecule has 0 saturated carbocycles. The number of benzene rings is 3. The summed E-state index contributed by atoms with van der Waals surface area (Å²) in [4.78, 5) is 26.5. The summed E-state index contributed by atoms with van der Waals surface area (Å²) in [5.74, 6) is -1.16. The maximum atomic E-state index is 13.1. The van der Waals surface area contributed by atoms with E-state index in [-0.39, 0.29) is 5.76 Å². The molecule has 3 aromatic rings. The van der Waals surface area contributed by atoms with E-state index in [4.69, 9.17) is 16.3 Å². The number of amides is 1. The quantitative estimate of drug-likeness (QED) is 0.563. The first-order valence-electron chi connectivity index (χ1n) is 9.72. The van der Waals surface area contributed by atoms with Gasteiger partial charge < -0.3 is 14.7 Å². The second-order valence-electron chi connectivity index (χ2n) is 7.20. The third-order valence-electron chi connectivity index (χ3n) is 5.30. The van der Waals surface area contributed by atoms with Gasteiger partial charge in [-0.25, -0.2) is 4.79 Å². The van der Waals surface area contributed by atoms with E-state index in [2.05, 4.69) is 0 Å². The van der Waals surface area contributed by atoms with Crippen molar-refractivity contribution in [2.45, 2.75) is 12.6 Å². The number of aliphatic hydroxyl groups excluding tert-OH is 1. The molecule has 6 heteroatoms. The maximum absolute atomic E-state index is 13.1. The van der Waals surface area contributed by atoms with Crippen LogP contribution in [0.2, 0.25) is 5.02 Å². The van der Waals surface area contributed by atoms with Gasteiger partial charge in [0.05, 0.1) is 18.7 Å². The second kappa shape index (κ2) is 8.66. The topological polar surface area (TPSA) is 66.8 Å². The lowest BCUT2D eigenvalue weighted by Crippen LogP contribution is -2.29. The number of methoxy groups -OCH3 is 1. The minimum atomic E-state index is -0.516. The van der Waals surface area contributed by atoms with Gasteiger partial charge in [0.2, 0.25) is 0 Å². The van der Waals surface area contributed by atoms with E-state index in [1.807, 2.05) is 42.5 Å². The molecule has 0 spiro atoms. The highest BCUT2D eigenvalue weighted by atomic mass is 35.5. The highest BCUT2D eigenvalue weighted by Gasteiger charge is 2.41. The molecule has 4 rings (SSSR count). The molecule has 156 valence electrons. The number of carbonyl (C=O) groups is 2. The fourth-order valence-corrected chi connectivity index (χ4v) is 3.91. The van der Waals surface area contributed by atoms with Crippen LogP contribution >= 0.6 is 11.6 Å². The van der Waals surface area contributed by atoms with Crippen molar-refractivity contribution in [2.24, 2.45) is 0 Å². The zero-order valence-corrected chi connectivity index (χ0v) is 17.5. The molecule has 0 saturated heterocycles. The number of rotatable bonds is 5. The Morgan fingerprint density at radius 3 is 2.26 bits per heavy atom. The van der Waals surface area contributed by atoms with Gasteiger partial charge in [-0.2, -0.15) is 0 Å². The number of nitrogens with zero attached hydrogens (tertiary/aromatic N) is 1. The Bertz CT molecular complexity index is 1140. The Kier molecular flexibility index (Phi) is 5.78. The molecule has 1 atom stereocenters. The summed E-state index contributed by atoms with van der Waals surface area (Å²) in [5, 5.41) is 11.4. The third-order valence-corrected chi connectivity index (χ3v) is 5.55. The fraction of sp³-hybridized carbons (Fsp3) is 0.120. The van der Waals surface area contributed by atoms with Crippen LogP contribution in [0.5, 0.6) is 0 Å². The van der Waals surface area contributed by atoms with E-state index < -0.39 is 17.9 Å². The molecular formula is C25H20ClNO4. The van der Waals surface area contributed by atoms with Crippen LogP contribution in [0.15, 0.2) is 84.6 Å². The molecule has 0 aliphatic carbocycles. The van der Waals surface area contributed by atoms with Gasteiger partial charge in [0, 0.05) is 17.1 Å². The Hall–Kier alpha value is -3.57. The van der Waals surface area contributed by atoms with Crippen LogP contribution in [-0.4, -0.2) is 29.0 Å². The van der Waals surface area contributed by atoms with Gasteiger partial charge in [0.25, 0.3) is 5.91 Å². The van der Waals surface area contributed by atoms with Gasteiger partial charge in [0.1, 0.15) is 0 Å². The van der Waals surface area contributed by atoms with Gasteiger partial charge >= 0.3 is 5.97 Å². The average Bonchev–Trinajstić information content (AvgIpc) is 3.05. The molecule has 0 radical (unpaired) electrons. The average molecular weight is 434 g/mol. The van der Waals surface area contributed by atoms with Gasteiger partial charge in [0.15, 0.2) is 5.76 Å². The molecule has 3 aromatic carbocycles. The monoisotopic (exact) mass is 433 g/mol. The SMILES string of the molecule is COC(=O)c1ccc([C@@H]2C(c3ccccc3)=C(O)C(=O)N2Cc2ccc(Cl)cc2)cc1. The lowest BCUT2D eigenvalue weighted by Gasteiger charge is -2.27. The molecule has 0 fully saturated rings. The molecule has 1 amide bonds. The van der Waals surface area contributed by atoms with E-state index >= 15 is 0 Å². The molecule has 1 aliphatic heterocycles. The Labute approximate surface area is 185 Å². The van der Waals surface area contributed by atoms with Crippen LogP contribution in [0.25, 0.3) is 5.57 Å². The van der Waals surface area contributed by atoms with Crippen LogP contribution in [-0.2, 0) is 16.1 Å². The Morgan fingerprint density at radius 2 is 1.65 bits per heavy atom. The molecule has 0 bridgehead atoms. The first kappa shape index (κ1) is 20.7. The first-order valence-corrected chi connectivity index (χ1v) is 10.1.